The summed E-state index contributed by atoms with van der Waals surface area (Å²) < 4.78 is 2.96. The molecule has 0 bridgehead atoms. The molecule has 19 heavy (non-hydrogen) atoms. The van der Waals surface area contributed by atoms with Crippen molar-refractivity contribution in [3.63, 3.8) is 0 Å². The van der Waals surface area contributed by atoms with Gasteiger partial charge in [0.25, 0.3) is 0 Å². The molecule has 1 aromatic carbocycles. The Labute approximate surface area is 121 Å². The van der Waals surface area contributed by atoms with Crippen LogP contribution < -0.4 is 11.3 Å². The van der Waals surface area contributed by atoms with Crippen molar-refractivity contribution < 1.29 is 0 Å². The van der Waals surface area contributed by atoms with Crippen molar-refractivity contribution in [1.82, 2.24) is 20.4 Å². The van der Waals surface area contributed by atoms with E-state index in [0.717, 1.165) is 28.7 Å². The summed E-state index contributed by atoms with van der Waals surface area (Å²) in [5.41, 5.74) is 6.09. The molecule has 2 aromatic rings. The molecule has 1 atom stereocenters. The van der Waals surface area contributed by atoms with Gasteiger partial charge in [0.2, 0.25) is 0 Å². The monoisotopic (exact) mass is 323 g/mol. The van der Waals surface area contributed by atoms with Crippen LogP contribution in [0, 0.1) is 6.92 Å². The van der Waals surface area contributed by atoms with Gasteiger partial charge in [0, 0.05) is 11.0 Å². The van der Waals surface area contributed by atoms with E-state index in [2.05, 4.69) is 63.7 Å². The molecule has 0 radical (unpaired) electrons. The minimum absolute atomic E-state index is 0.113. The predicted octanol–water partition coefficient (Wildman–Crippen LogP) is 2.31. The summed E-state index contributed by atoms with van der Waals surface area (Å²) in [6, 6.07) is 6.09. The highest BCUT2D eigenvalue weighted by molar-refractivity contribution is 9.10. The fourth-order valence-electron chi connectivity index (χ4n) is 2.02. The molecule has 0 saturated carbocycles. The highest BCUT2D eigenvalue weighted by Gasteiger charge is 2.18. The Kier molecular flexibility index (Phi) is 4.68. The molecule has 5 nitrogen and oxygen atoms in total. The van der Waals surface area contributed by atoms with Crippen molar-refractivity contribution in [2.75, 3.05) is 0 Å². The molecule has 1 unspecified atom stereocenters. The first-order valence-electron chi connectivity index (χ1n) is 6.28. The second-order valence-corrected chi connectivity index (χ2v) is 5.34. The van der Waals surface area contributed by atoms with Crippen LogP contribution in [0.4, 0.5) is 0 Å². The molecule has 0 saturated heterocycles. The number of hydrazine groups is 1. The number of halogens is 1. The van der Waals surface area contributed by atoms with E-state index >= 15 is 0 Å². The quantitative estimate of drug-likeness (QED) is 0.654. The molecule has 2 rings (SSSR count). The zero-order chi connectivity index (χ0) is 13.8. The first-order chi connectivity index (χ1) is 9.17. The first kappa shape index (κ1) is 14.2. The van der Waals surface area contributed by atoms with Gasteiger partial charge in [-0.25, -0.2) is 10.1 Å². The number of aryl methyl sites for hydroxylation is 2. The molecule has 0 aliphatic rings. The Morgan fingerprint density at radius 2 is 2.26 bits per heavy atom. The molecule has 1 aromatic heterocycles. The predicted molar refractivity (Wildman–Crippen MR) is 78.4 cm³/mol. The lowest BCUT2D eigenvalue weighted by atomic mass is 10.0. The van der Waals surface area contributed by atoms with Gasteiger partial charge in [0.15, 0.2) is 0 Å². The van der Waals surface area contributed by atoms with Gasteiger partial charge in [0.05, 0.1) is 17.9 Å². The normalized spacial score (nSPS) is 12.6. The van der Waals surface area contributed by atoms with Crippen molar-refractivity contribution >= 4 is 15.9 Å². The number of benzene rings is 1. The molecule has 6 heteroatoms. The third-order valence-electron chi connectivity index (χ3n) is 3.07. The van der Waals surface area contributed by atoms with E-state index in [1.807, 2.05) is 4.68 Å². The van der Waals surface area contributed by atoms with Crippen LogP contribution in [-0.2, 0) is 6.54 Å². The summed E-state index contributed by atoms with van der Waals surface area (Å²) in [6.45, 7) is 5.00. The van der Waals surface area contributed by atoms with Gasteiger partial charge in [-0.3, -0.25) is 5.84 Å². The third kappa shape index (κ3) is 3.02. The maximum Gasteiger partial charge on any atom is 0.0895 e. The SMILES string of the molecule is CCCn1nncc1C(NN)c1ccc(C)c(Br)c1. The maximum atomic E-state index is 5.71. The van der Waals surface area contributed by atoms with Gasteiger partial charge >= 0.3 is 0 Å². The van der Waals surface area contributed by atoms with E-state index in [9.17, 15) is 0 Å². The average molecular weight is 324 g/mol. The van der Waals surface area contributed by atoms with Gasteiger partial charge in [-0.2, -0.15) is 0 Å². The molecular weight excluding hydrogens is 306 g/mol. The number of aromatic nitrogens is 3. The molecule has 102 valence electrons. The largest absolute Gasteiger partial charge is 0.271 e. The standard InChI is InChI=1S/C13H18BrN5/c1-3-6-19-12(8-16-18-19)13(17-15)10-5-4-9(2)11(14)7-10/h4-5,7-8,13,17H,3,6,15H2,1-2H3. The van der Waals surface area contributed by atoms with Crippen LogP contribution in [-0.4, -0.2) is 15.0 Å². The van der Waals surface area contributed by atoms with E-state index in [4.69, 9.17) is 5.84 Å². The van der Waals surface area contributed by atoms with E-state index in [0.29, 0.717) is 0 Å². The molecule has 0 aliphatic carbocycles. The maximum absolute atomic E-state index is 5.71. The van der Waals surface area contributed by atoms with E-state index in [1.54, 1.807) is 6.20 Å². The number of nitrogens with zero attached hydrogens (tertiary/aromatic N) is 3. The van der Waals surface area contributed by atoms with Crippen LogP contribution in [0.5, 0.6) is 0 Å². The van der Waals surface area contributed by atoms with Crippen molar-refractivity contribution in [2.45, 2.75) is 32.9 Å². The average Bonchev–Trinajstić information content (AvgIpc) is 2.83. The van der Waals surface area contributed by atoms with Crippen LogP contribution in [0.25, 0.3) is 0 Å². The molecule has 3 N–H and O–H groups in total. The Hall–Kier alpha value is -1.24. The summed E-state index contributed by atoms with van der Waals surface area (Å²) in [5, 5.41) is 8.08. The highest BCUT2D eigenvalue weighted by atomic mass is 79.9. The number of nitrogens with two attached hydrogens (primary N) is 1. The number of nitrogens with one attached hydrogen (secondary N) is 1. The Morgan fingerprint density at radius 3 is 2.89 bits per heavy atom. The van der Waals surface area contributed by atoms with E-state index in [1.165, 1.54) is 5.56 Å². The number of hydrogen-bond donors (Lipinski definition) is 2. The zero-order valence-corrected chi connectivity index (χ0v) is 12.7. The fourth-order valence-corrected chi connectivity index (χ4v) is 2.41. The summed E-state index contributed by atoms with van der Waals surface area (Å²) in [4.78, 5) is 0. The summed E-state index contributed by atoms with van der Waals surface area (Å²) in [6.07, 6.45) is 2.76. The Morgan fingerprint density at radius 1 is 1.47 bits per heavy atom. The van der Waals surface area contributed by atoms with Crippen LogP contribution in [0.3, 0.4) is 0 Å². The third-order valence-corrected chi connectivity index (χ3v) is 3.93. The Balaban J connectivity index is 2.38. The smallest absolute Gasteiger partial charge is 0.0895 e. The van der Waals surface area contributed by atoms with Gasteiger partial charge in [0.1, 0.15) is 0 Å². The number of rotatable bonds is 5. The van der Waals surface area contributed by atoms with Gasteiger partial charge < -0.3 is 0 Å². The fraction of sp³-hybridized carbons (Fsp3) is 0.385. The second-order valence-electron chi connectivity index (χ2n) is 4.49. The molecular formula is C13H18BrN5. The van der Waals surface area contributed by atoms with Crippen molar-refractivity contribution in [3.8, 4) is 0 Å². The van der Waals surface area contributed by atoms with Gasteiger partial charge in [-0.15, -0.1) is 5.10 Å². The lowest BCUT2D eigenvalue weighted by molar-refractivity contribution is 0.512. The van der Waals surface area contributed by atoms with Gasteiger partial charge in [-0.05, 0) is 30.5 Å². The molecule has 0 aliphatic heterocycles. The highest BCUT2D eigenvalue weighted by Crippen LogP contribution is 2.25. The lowest BCUT2D eigenvalue weighted by Gasteiger charge is -2.18. The van der Waals surface area contributed by atoms with Crippen LogP contribution in [0.15, 0.2) is 28.9 Å². The summed E-state index contributed by atoms with van der Waals surface area (Å²) in [5.74, 6) is 5.71. The van der Waals surface area contributed by atoms with Crippen molar-refractivity contribution in [2.24, 2.45) is 5.84 Å². The molecule has 0 fully saturated rings. The zero-order valence-electron chi connectivity index (χ0n) is 11.1. The topological polar surface area (TPSA) is 68.8 Å². The van der Waals surface area contributed by atoms with Gasteiger partial charge in [-0.1, -0.05) is 40.2 Å². The van der Waals surface area contributed by atoms with Crippen LogP contribution in [0.2, 0.25) is 0 Å². The second kappa shape index (κ2) is 6.27. The summed E-state index contributed by atoms with van der Waals surface area (Å²) >= 11 is 3.55. The van der Waals surface area contributed by atoms with Crippen molar-refractivity contribution in [3.05, 3.63) is 45.7 Å². The molecule has 1 heterocycles. The minimum Gasteiger partial charge on any atom is -0.271 e. The molecule has 0 amide bonds. The Bertz CT molecular complexity index is 552. The van der Waals surface area contributed by atoms with Crippen molar-refractivity contribution in [1.29, 1.82) is 0 Å². The van der Waals surface area contributed by atoms with Crippen LogP contribution in [0.1, 0.15) is 36.2 Å². The number of hydrogen-bond acceptors (Lipinski definition) is 4. The van der Waals surface area contributed by atoms with E-state index in [-0.39, 0.29) is 6.04 Å². The lowest BCUT2D eigenvalue weighted by Crippen LogP contribution is -2.30. The minimum atomic E-state index is -0.113. The first-order valence-corrected chi connectivity index (χ1v) is 7.07. The van der Waals surface area contributed by atoms with E-state index < -0.39 is 0 Å². The van der Waals surface area contributed by atoms with Crippen LogP contribution >= 0.6 is 15.9 Å². The summed E-state index contributed by atoms with van der Waals surface area (Å²) in [7, 11) is 0. The molecule has 0 spiro atoms.